The van der Waals surface area contributed by atoms with Crippen molar-refractivity contribution in [3.05, 3.63) is 59.2 Å². The van der Waals surface area contributed by atoms with Crippen LogP contribution in [0.3, 0.4) is 0 Å². The molecule has 150 valence electrons. The second-order valence-corrected chi connectivity index (χ2v) is 7.53. The highest BCUT2D eigenvalue weighted by Crippen LogP contribution is 2.28. The maximum Gasteiger partial charge on any atom is 0.254 e. The molecule has 0 spiro atoms. The number of hydrogen-bond acceptors (Lipinski definition) is 6. The van der Waals surface area contributed by atoms with E-state index in [1.807, 2.05) is 50.2 Å². The van der Waals surface area contributed by atoms with Crippen LogP contribution < -0.4 is 4.90 Å². The Morgan fingerprint density at radius 1 is 1.14 bits per heavy atom. The Balaban J connectivity index is 1.71. The third-order valence-electron chi connectivity index (χ3n) is 5.05. The normalized spacial score (nSPS) is 16.8. The number of hydrogen-bond donors (Lipinski definition) is 0. The summed E-state index contributed by atoms with van der Waals surface area (Å²) in [6.45, 7) is 5.82. The number of aromatic nitrogens is 3. The minimum absolute atomic E-state index is 0.0421. The number of fused-ring (bicyclic) bond motifs is 1. The SMILES string of the molecule is Cc1cc(N2CCOC(c3cc(C(=O)N(C)C)c4ccccc4n3)C2)nc(C)n1. The van der Waals surface area contributed by atoms with Gasteiger partial charge in [-0.2, -0.15) is 0 Å². The second kappa shape index (κ2) is 7.75. The number of carbonyl (C=O) groups is 1. The van der Waals surface area contributed by atoms with Crippen molar-refractivity contribution in [3.8, 4) is 0 Å². The summed E-state index contributed by atoms with van der Waals surface area (Å²) in [6, 6.07) is 11.6. The monoisotopic (exact) mass is 391 g/mol. The fourth-order valence-electron chi connectivity index (χ4n) is 3.67. The van der Waals surface area contributed by atoms with E-state index in [4.69, 9.17) is 9.72 Å². The first-order chi connectivity index (χ1) is 13.9. The van der Waals surface area contributed by atoms with Crippen LogP contribution in [-0.2, 0) is 4.74 Å². The number of benzene rings is 1. The van der Waals surface area contributed by atoms with E-state index in [0.29, 0.717) is 18.7 Å². The van der Waals surface area contributed by atoms with Crippen LogP contribution in [0.15, 0.2) is 36.4 Å². The molecule has 1 atom stereocenters. The van der Waals surface area contributed by atoms with Gasteiger partial charge in [-0.25, -0.2) is 15.0 Å². The summed E-state index contributed by atoms with van der Waals surface area (Å²) in [5, 5.41) is 0.852. The average molecular weight is 391 g/mol. The Kier molecular flexibility index (Phi) is 5.15. The molecule has 1 aliphatic heterocycles. The Bertz CT molecular complexity index is 1050. The van der Waals surface area contributed by atoms with Gasteiger partial charge in [-0.15, -0.1) is 0 Å². The highest BCUT2D eigenvalue weighted by atomic mass is 16.5. The minimum atomic E-state index is -0.238. The molecule has 1 saturated heterocycles. The molecular formula is C22H25N5O2. The number of carbonyl (C=O) groups excluding carboxylic acids is 1. The summed E-state index contributed by atoms with van der Waals surface area (Å²) in [4.78, 5) is 30.3. The van der Waals surface area contributed by atoms with E-state index in [9.17, 15) is 4.79 Å². The van der Waals surface area contributed by atoms with Crippen molar-refractivity contribution in [1.82, 2.24) is 19.9 Å². The first kappa shape index (κ1) is 19.3. The van der Waals surface area contributed by atoms with Gasteiger partial charge in [-0.1, -0.05) is 18.2 Å². The molecule has 0 saturated carbocycles. The fourth-order valence-corrected chi connectivity index (χ4v) is 3.67. The molecule has 4 rings (SSSR count). The Morgan fingerprint density at radius 3 is 2.69 bits per heavy atom. The number of pyridine rings is 1. The van der Waals surface area contributed by atoms with Gasteiger partial charge in [0.15, 0.2) is 0 Å². The standard InChI is InChI=1S/C22H25N5O2/c1-14-11-21(24-15(2)23-14)27-9-10-29-20(13-27)19-12-17(22(28)26(3)4)16-7-5-6-8-18(16)25-19/h5-8,11-12,20H,9-10,13H2,1-4H3. The lowest BCUT2D eigenvalue weighted by molar-refractivity contribution is 0.0369. The number of anilines is 1. The van der Waals surface area contributed by atoms with Crippen LogP contribution in [0.1, 0.15) is 33.7 Å². The molecule has 0 bridgehead atoms. The maximum absolute atomic E-state index is 12.8. The lowest BCUT2D eigenvalue weighted by Crippen LogP contribution is -2.39. The van der Waals surface area contributed by atoms with Crippen LogP contribution in [0.2, 0.25) is 0 Å². The molecule has 1 aromatic carbocycles. The number of aryl methyl sites for hydroxylation is 2. The molecule has 2 aromatic heterocycles. The molecular weight excluding hydrogens is 366 g/mol. The van der Waals surface area contributed by atoms with Gasteiger partial charge in [0.05, 0.1) is 29.9 Å². The van der Waals surface area contributed by atoms with Gasteiger partial charge in [0.1, 0.15) is 17.7 Å². The van der Waals surface area contributed by atoms with Gasteiger partial charge < -0.3 is 14.5 Å². The summed E-state index contributed by atoms with van der Waals surface area (Å²) in [7, 11) is 3.52. The summed E-state index contributed by atoms with van der Waals surface area (Å²) >= 11 is 0. The van der Waals surface area contributed by atoms with Crippen LogP contribution >= 0.6 is 0 Å². The van der Waals surface area contributed by atoms with E-state index in [1.54, 1.807) is 19.0 Å². The average Bonchev–Trinajstić information content (AvgIpc) is 2.71. The summed E-state index contributed by atoms with van der Waals surface area (Å²) in [6.07, 6.45) is -0.238. The molecule has 29 heavy (non-hydrogen) atoms. The molecule has 0 radical (unpaired) electrons. The first-order valence-electron chi connectivity index (χ1n) is 9.72. The van der Waals surface area contributed by atoms with E-state index in [1.165, 1.54) is 0 Å². The molecule has 0 N–H and O–H groups in total. The molecule has 1 unspecified atom stereocenters. The van der Waals surface area contributed by atoms with E-state index in [-0.39, 0.29) is 12.0 Å². The number of nitrogens with zero attached hydrogens (tertiary/aromatic N) is 5. The van der Waals surface area contributed by atoms with E-state index >= 15 is 0 Å². The van der Waals surface area contributed by atoms with Crippen molar-refractivity contribution in [1.29, 1.82) is 0 Å². The predicted molar refractivity (Wildman–Crippen MR) is 112 cm³/mol. The lowest BCUT2D eigenvalue weighted by Gasteiger charge is -2.34. The van der Waals surface area contributed by atoms with Crippen molar-refractivity contribution in [2.75, 3.05) is 38.7 Å². The number of ether oxygens (including phenoxy) is 1. The van der Waals surface area contributed by atoms with Crippen LogP contribution in [0.5, 0.6) is 0 Å². The van der Waals surface area contributed by atoms with Crippen molar-refractivity contribution >= 4 is 22.6 Å². The maximum atomic E-state index is 12.8. The molecule has 7 heteroatoms. The molecule has 7 nitrogen and oxygen atoms in total. The smallest absolute Gasteiger partial charge is 0.254 e. The Morgan fingerprint density at radius 2 is 1.93 bits per heavy atom. The van der Waals surface area contributed by atoms with Gasteiger partial charge in [-0.3, -0.25) is 4.79 Å². The van der Waals surface area contributed by atoms with Crippen molar-refractivity contribution in [2.24, 2.45) is 0 Å². The van der Waals surface area contributed by atoms with E-state index in [0.717, 1.165) is 40.5 Å². The lowest BCUT2D eigenvalue weighted by atomic mass is 10.0. The molecule has 3 aromatic rings. The number of rotatable bonds is 3. The third-order valence-corrected chi connectivity index (χ3v) is 5.05. The molecule has 3 heterocycles. The Labute approximate surface area is 170 Å². The van der Waals surface area contributed by atoms with Crippen molar-refractivity contribution in [3.63, 3.8) is 0 Å². The first-order valence-corrected chi connectivity index (χ1v) is 9.72. The third kappa shape index (κ3) is 3.91. The van der Waals surface area contributed by atoms with E-state index < -0.39 is 0 Å². The van der Waals surface area contributed by atoms with Gasteiger partial charge in [-0.05, 0) is 26.0 Å². The highest BCUT2D eigenvalue weighted by molar-refractivity contribution is 6.06. The van der Waals surface area contributed by atoms with Crippen LogP contribution in [0.25, 0.3) is 10.9 Å². The van der Waals surface area contributed by atoms with Gasteiger partial charge in [0.2, 0.25) is 0 Å². The zero-order valence-electron chi connectivity index (χ0n) is 17.2. The van der Waals surface area contributed by atoms with Gasteiger partial charge >= 0.3 is 0 Å². The molecule has 1 fully saturated rings. The van der Waals surface area contributed by atoms with Crippen molar-refractivity contribution < 1.29 is 9.53 Å². The predicted octanol–water partition coefficient (Wildman–Crippen LogP) is 2.92. The number of morpholine rings is 1. The second-order valence-electron chi connectivity index (χ2n) is 7.53. The Hall–Kier alpha value is -3.06. The van der Waals surface area contributed by atoms with Crippen LogP contribution in [0.4, 0.5) is 5.82 Å². The molecule has 1 amide bonds. The fraction of sp³-hybridized carbons (Fsp3) is 0.364. The number of amides is 1. The quantitative estimate of drug-likeness (QED) is 0.684. The summed E-state index contributed by atoms with van der Waals surface area (Å²) < 4.78 is 6.05. The van der Waals surface area contributed by atoms with Gasteiger partial charge in [0, 0.05) is 37.8 Å². The van der Waals surface area contributed by atoms with Gasteiger partial charge in [0.25, 0.3) is 5.91 Å². The zero-order chi connectivity index (χ0) is 20.5. The topological polar surface area (TPSA) is 71.5 Å². The zero-order valence-corrected chi connectivity index (χ0v) is 17.2. The summed E-state index contributed by atoms with van der Waals surface area (Å²) in [5.41, 5.74) is 3.15. The van der Waals surface area contributed by atoms with E-state index in [2.05, 4.69) is 14.9 Å². The highest BCUT2D eigenvalue weighted by Gasteiger charge is 2.26. The largest absolute Gasteiger partial charge is 0.368 e. The molecule has 1 aliphatic rings. The van der Waals surface area contributed by atoms with Crippen LogP contribution in [-0.4, -0.2) is 59.6 Å². The minimum Gasteiger partial charge on any atom is -0.368 e. The molecule has 0 aliphatic carbocycles. The van der Waals surface area contributed by atoms with Crippen LogP contribution in [0, 0.1) is 13.8 Å². The van der Waals surface area contributed by atoms with Crippen molar-refractivity contribution in [2.45, 2.75) is 20.0 Å². The number of para-hydroxylation sites is 1. The summed E-state index contributed by atoms with van der Waals surface area (Å²) in [5.74, 6) is 1.61.